The van der Waals surface area contributed by atoms with E-state index in [0.717, 1.165) is 5.52 Å². The largest absolute Gasteiger partial charge is 0.353 e. The van der Waals surface area contributed by atoms with Gasteiger partial charge in [0.1, 0.15) is 0 Å². The van der Waals surface area contributed by atoms with Crippen molar-refractivity contribution in [3.8, 4) is 0 Å². The number of nitrogens with zero attached hydrogens (tertiary/aromatic N) is 2. The minimum absolute atomic E-state index is 1.10. The molecule has 20 heavy (non-hydrogen) atoms. The van der Waals surface area contributed by atoms with Crippen molar-refractivity contribution in [1.82, 2.24) is 9.97 Å². The Morgan fingerprint density at radius 1 is 1.15 bits per heavy atom. The summed E-state index contributed by atoms with van der Waals surface area (Å²) in [5, 5.41) is 2.51. The third-order valence-corrected chi connectivity index (χ3v) is 2.80. The molecule has 2 amide bonds. The highest BCUT2D eigenvalue weighted by Gasteiger charge is 2.00. The predicted octanol–water partition coefficient (Wildman–Crippen LogP) is 1.84. The molecule has 2 heterocycles. The molecule has 0 saturated carbocycles. The van der Waals surface area contributed by atoms with Gasteiger partial charge in [-0.3, -0.25) is 4.98 Å². The number of carbonyl (C=O) groups is 1. The van der Waals surface area contributed by atoms with Gasteiger partial charge in [0, 0.05) is 22.5 Å². The van der Waals surface area contributed by atoms with Gasteiger partial charge in [-0.2, -0.15) is 8.42 Å². The maximum absolute atomic E-state index is 9.47. The summed E-state index contributed by atoms with van der Waals surface area (Å²) in [5.41, 5.74) is 6.57. The van der Waals surface area contributed by atoms with Crippen molar-refractivity contribution in [2.75, 3.05) is 0 Å². The van der Waals surface area contributed by atoms with Gasteiger partial charge in [0.05, 0.1) is 11.7 Å². The van der Waals surface area contributed by atoms with Gasteiger partial charge in [0.25, 0.3) is 0 Å². The lowest BCUT2D eigenvalue weighted by atomic mass is 10.2. The molecule has 0 saturated heterocycles. The Kier molecular flexibility index (Phi) is 4.06. The maximum Gasteiger partial charge on any atom is 0.353 e. The van der Waals surface area contributed by atoms with Crippen molar-refractivity contribution in [3.63, 3.8) is 0 Å². The second-order valence-corrected chi connectivity index (χ2v) is 4.36. The number of nitrogens with two attached hydrogens (primary N) is 1. The lowest BCUT2D eigenvalue weighted by Crippen LogP contribution is -2.02. The lowest BCUT2D eigenvalue weighted by Gasteiger charge is -1.87. The summed E-state index contributed by atoms with van der Waals surface area (Å²) in [4.78, 5) is 16.9. The Labute approximate surface area is 115 Å². The minimum Gasteiger partial charge on any atom is -0.353 e. The van der Waals surface area contributed by atoms with E-state index < -0.39 is 16.5 Å². The normalized spacial score (nSPS) is 9.80. The molecule has 3 N–H and O–H groups in total. The van der Waals surface area contributed by atoms with E-state index in [0.29, 0.717) is 0 Å². The van der Waals surface area contributed by atoms with Crippen LogP contribution < -0.4 is 5.73 Å². The first kappa shape index (κ1) is 13.7. The summed E-state index contributed by atoms with van der Waals surface area (Å²) in [6.45, 7) is 0. The number of aromatic nitrogens is 2. The summed E-state index contributed by atoms with van der Waals surface area (Å²) in [6.07, 6.45) is 3.68. The Hall–Kier alpha value is -2.74. The number of H-pyrrole nitrogens is 1. The fraction of sp³-hybridized carbons (Fsp3) is 0. The van der Waals surface area contributed by atoms with Gasteiger partial charge in [-0.05, 0) is 12.1 Å². The number of para-hydroxylation sites is 1. The highest BCUT2D eigenvalue weighted by atomic mass is 32.2. The number of hydrogen-bond acceptors (Lipinski definition) is 4. The van der Waals surface area contributed by atoms with Crippen LogP contribution in [0.5, 0.6) is 0 Å². The van der Waals surface area contributed by atoms with Crippen molar-refractivity contribution in [3.05, 3.63) is 42.7 Å². The molecule has 0 aliphatic carbocycles. The van der Waals surface area contributed by atoms with E-state index in [4.69, 9.17) is 0 Å². The van der Waals surface area contributed by atoms with Crippen molar-refractivity contribution in [2.45, 2.75) is 0 Å². The maximum atomic E-state index is 9.47. The summed E-state index contributed by atoms with van der Waals surface area (Å²) in [7, 11) is -2.70. The molecular weight excluding hydrogens is 280 g/mol. The van der Waals surface area contributed by atoms with E-state index in [1.165, 1.54) is 16.3 Å². The molecule has 3 rings (SSSR count). The van der Waals surface area contributed by atoms with Crippen molar-refractivity contribution in [1.29, 1.82) is 0 Å². The molecule has 8 heteroatoms. The number of pyridine rings is 1. The number of carbonyl (C=O) groups excluding carboxylic acids is 1. The van der Waals surface area contributed by atoms with Crippen LogP contribution >= 0.6 is 0 Å². The molecule has 0 bridgehead atoms. The zero-order chi connectivity index (χ0) is 14.5. The smallest absolute Gasteiger partial charge is 0.353 e. The van der Waals surface area contributed by atoms with E-state index in [-0.39, 0.29) is 0 Å². The number of nitrogens with one attached hydrogen (secondary N) is 1. The second-order valence-electron chi connectivity index (χ2n) is 3.74. The lowest BCUT2D eigenvalue weighted by molar-refractivity contribution is 0.257. The van der Waals surface area contributed by atoms with Crippen molar-refractivity contribution >= 4 is 38.3 Å². The molecule has 7 nitrogen and oxygen atoms in total. The molecule has 0 radical (unpaired) electrons. The van der Waals surface area contributed by atoms with Crippen LogP contribution in [0.25, 0.3) is 21.8 Å². The van der Waals surface area contributed by atoms with Crippen LogP contribution in [0.15, 0.2) is 47.1 Å². The van der Waals surface area contributed by atoms with Gasteiger partial charge in [-0.15, -0.1) is 0 Å². The Balaban J connectivity index is 0.000000182. The Bertz CT molecular complexity index is 841. The quantitative estimate of drug-likeness (QED) is 0.656. The molecule has 0 unspecified atom stereocenters. The second kappa shape index (κ2) is 5.93. The zero-order valence-corrected chi connectivity index (χ0v) is 11.0. The molecule has 0 fully saturated rings. The van der Waals surface area contributed by atoms with E-state index in [1.807, 2.05) is 24.5 Å². The van der Waals surface area contributed by atoms with Crippen LogP contribution in [0.2, 0.25) is 0 Å². The summed E-state index contributed by atoms with van der Waals surface area (Å²) in [6, 6.07) is 9.12. The fourth-order valence-electron chi connectivity index (χ4n) is 1.77. The van der Waals surface area contributed by atoms with Crippen LogP contribution in [0, 0.1) is 0 Å². The first-order chi connectivity index (χ1) is 9.58. The molecule has 0 atom stereocenters. The highest BCUT2D eigenvalue weighted by Crippen LogP contribution is 2.23. The number of benzene rings is 1. The third-order valence-electron chi connectivity index (χ3n) is 2.47. The van der Waals surface area contributed by atoms with Crippen LogP contribution in [0.1, 0.15) is 0 Å². The van der Waals surface area contributed by atoms with Crippen LogP contribution in [-0.4, -0.2) is 24.4 Å². The minimum atomic E-state index is -2.70. The van der Waals surface area contributed by atoms with Gasteiger partial charge in [0.2, 0.25) is 0 Å². The van der Waals surface area contributed by atoms with E-state index in [2.05, 4.69) is 38.3 Å². The number of hydrogen-bond donors (Lipinski definition) is 2. The molecule has 0 aliphatic rings. The topological polar surface area (TPSA) is 118 Å². The molecule has 3 aromatic rings. The molecule has 2 aromatic heterocycles. The van der Waals surface area contributed by atoms with Gasteiger partial charge >= 0.3 is 16.5 Å². The SMILES string of the molecule is NC(=O)N=S(=O)=O.c1ccc2c(c1)[nH]c1cnccc12. The van der Waals surface area contributed by atoms with E-state index >= 15 is 0 Å². The summed E-state index contributed by atoms with van der Waals surface area (Å²) in [5.74, 6) is 0. The number of fused-ring (bicyclic) bond motifs is 3. The Morgan fingerprint density at radius 3 is 2.50 bits per heavy atom. The molecular formula is C12H10N4O3S. The average Bonchev–Trinajstić information content (AvgIpc) is 2.76. The van der Waals surface area contributed by atoms with Crippen molar-refractivity contribution in [2.24, 2.45) is 10.1 Å². The van der Waals surface area contributed by atoms with E-state index in [9.17, 15) is 13.2 Å². The van der Waals surface area contributed by atoms with Gasteiger partial charge in [-0.25, -0.2) is 4.79 Å². The number of aromatic amines is 1. The van der Waals surface area contributed by atoms with Crippen LogP contribution in [-0.2, 0) is 10.5 Å². The Morgan fingerprint density at radius 2 is 1.85 bits per heavy atom. The predicted molar refractivity (Wildman–Crippen MR) is 74.5 cm³/mol. The summed E-state index contributed by atoms with van der Waals surface area (Å²) >= 11 is 0. The van der Waals surface area contributed by atoms with Crippen LogP contribution in [0.3, 0.4) is 0 Å². The fourth-order valence-corrected chi connectivity index (χ4v) is 1.92. The third kappa shape index (κ3) is 3.18. The molecule has 0 aliphatic heterocycles. The number of amides is 2. The number of urea groups is 1. The van der Waals surface area contributed by atoms with Crippen molar-refractivity contribution < 1.29 is 13.2 Å². The summed E-state index contributed by atoms with van der Waals surface area (Å²) < 4.78 is 21.0. The highest BCUT2D eigenvalue weighted by molar-refractivity contribution is 7.62. The van der Waals surface area contributed by atoms with E-state index in [1.54, 1.807) is 0 Å². The average molecular weight is 290 g/mol. The van der Waals surface area contributed by atoms with Gasteiger partial charge in [0.15, 0.2) is 0 Å². The first-order valence-corrected chi connectivity index (χ1v) is 6.52. The van der Waals surface area contributed by atoms with Gasteiger partial charge < -0.3 is 10.7 Å². The molecule has 1 aromatic carbocycles. The van der Waals surface area contributed by atoms with Gasteiger partial charge in [-0.1, -0.05) is 22.6 Å². The first-order valence-electron chi connectivity index (χ1n) is 5.49. The molecule has 102 valence electrons. The van der Waals surface area contributed by atoms with Crippen LogP contribution in [0.4, 0.5) is 4.79 Å². The standard InChI is InChI=1S/C11H8N2.CH2N2O3S/c1-2-4-10-8(3-1)9-5-6-12-7-11(9)13-10;2-1(4)3-7(5)6/h1-7,13H;(H2,2,4). The molecule has 0 spiro atoms. The zero-order valence-electron chi connectivity index (χ0n) is 10.1. The monoisotopic (exact) mass is 290 g/mol. The number of primary amides is 1. The number of rotatable bonds is 0.